The third-order valence-electron chi connectivity index (χ3n) is 3.74. The van der Waals surface area contributed by atoms with Gasteiger partial charge in [-0.2, -0.15) is 0 Å². The van der Waals surface area contributed by atoms with E-state index in [1.807, 2.05) is 25.5 Å². The highest BCUT2D eigenvalue weighted by Crippen LogP contribution is 2.18. The van der Waals surface area contributed by atoms with Gasteiger partial charge in [0.2, 0.25) is 0 Å². The summed E-state index contributed by atoms with van der Waals surface area (Å²) in [6.45, 7) is 14.7. The Kier molecular flexibility index (Phi) is 5.70. The van der Waals surface area contributed by atoms with Gasteiger partial charge in [-0.3, -0.25) is 0 Å². The Balaban J connectivity index is 0.000000211. The first-order chi connectivity index (χ1) is 9.66. The fraction of sp³-hybridized carbons (Fsp3) is 0.688. The van der Waals surface area contributed by atoms with Crippen molar-refractivity contribution in [3.05, 3.63) is 28.9 Å². The monoisotopic (exact) mass is 291 g/mol. The van der Waals surface area contributed by atoms with Gasteiger partial charge in [0, 0.05) is 25.7 Å². The third-order valence-corrected chi connectivity index (χ3v) is 3.74. The molecule has 5 nitrogen and oxygen atoms in total. The van der Waals surface area contributed by atoms with Crippen LogP contribution in [0.3, 0.4) is 0 Å². The van der Waals surface area contributed by atoms with E-state index in [-0.39, 0.29) is 0 Å². The quantitative estimate of drug-likeness (QED) is 0.852. The number of aromatic nitrogens is 5. The first kappa shape index (κ1) is 17.4. The smallest absolute Gasteiger partial charge is 0.135 e. The van der Waals surface area contributed by atoms with Crippen LogP contribution in [0.1, 0.15) is 68.4 Å². The van der Waals surface area contributed by atoms with E-state index in [1.54, 1.807) is 0 Å². The summed E-state index contributed by atoms with van der Waals surface area (Å²) < 4.78 is 4.19. The van der Waals surface area contributed by atoms with E-state index < -0.39 is 0 Å². The first-order valence-corrected chi connectivity index (χ1v) is 7.52. The van der Waals surface area contributed by atoms with Gasteiger partial charge in [0.1, 0.15) is 17.5 Å². The topological polar surface area (TPSA) is 48.5 Å². The van der Waals surface area contributed by atoms with Crippen LogP contribution in [0.5, 0.6) is 0 Å². The Labute approximate surface area is 128 Å². The van der Waals surface area contributed by atoms with Crippen LogP contribution in [-0.2, 0) is 14.1 Å². The second kappa shape index (κ2) is 6.87. The van der Waals surface area contributed by atoms with Crippen LogP contribution in [0.25, 0.3) is 0 Å². The zero-order valence-electron chi connectivity index (χ0n) is 14.9. The zero-order chi connectivity index (χ0) is 16.3. The summed E-state index contributed by atoms with van der Waals surface area (Å²) in [6.07, 6.45) is 0. The summed E-state index contributed by atoms with van der Waals surface area (Å²) in [6, 6.07) is 0. The van der Waals surface area contributed by atoms with E-state index in [0.717, 1.165) is 17.5 Å². The van der Waals surface area contributed by atoms with Crippen molar-refractivity contribution in [2.24, 2.45) is 14.1 Å². The molecule has 0 aliphatic rings. The van der Waals surface area contributed by atoms with Crippen molar-refractivity contribution in [1.82, 2.24) is 24.3 Å². The van der Waals surface area contributed by atoms with Crippen molar-refractivity contribution in [3.8, 4) is 0 Å². The third kappa shape index (κ3) is 3.93. The summed E-state index contributed by atoms with van der Waals surface area (Å²) in [5.74, 6) is 4.17. The molecule has 0 N–H and O–H groups in total. The van der Waals surface area contributed by atoms with E-state index >= 15 is 0 Å². The molecule has 0 saturated carbocycles. The largest absolute Gasteiger partial charge is 0.335 e. The molecule has 0 unspecified atom stereocenters. The summed E-state index contributed by atoms with van der Waals surface area (Å²) in [4.78, 5) is 4.39. The van der Waals surface area contributed by atoms with Crippen LogP contribution >= 0.6 is 0 Å². The summed E-state index contributed by atoms with van der Waals surface area (Å²) in [5, 5.41) is 7.98. The maximum absolute atomic E-state index is 4.39. The number of nitrogens with zero attached hydrogens (tertiary/aromatic N) is 5. The molecule has 0 fully saturated rings. The fourth-order valence-corrected chi connectivity index (χ4v) is 2.52. The fourth-order valence-electron chi connectivity index (χ4n) is 2.52. The number of rotatable bonds is 2. The predicted molar refractivity (Wildman–Crippen MR) is 86.6 cm³/mol. The van der Waals surface area contributed by atoms with Crippen LogP contribution in [0.15, 0.2) is 0 Å². The molecule has 118 valence electrons. The minimum Gasteiger partial charge on any atom is -0.335 e. The second-order valence-electron chi connectivity index (χ2n) is 6.16. The van der Waals surface area contributed by atoms with Crippen LogP contribution in [0, 0.1) is 20.8 Å². The predicted octanol–water partition coefficient (Wildman–Crippen LogP) is 3.41. The lowest BCUT2D eigenvalue weighted by atomic mass is 10.1. The molecule has 0 aromatic carbocycles. The molecule has 0 aliphatic heterocycles. The highest BCUT2D eigenvalue weighted by molar-refractivity contribution is 5.18. The van der Waals surface area contributed by atoms with Gasteiger partial charge in [-0.1, -0.05) is 27.7 Å². The number of hydrogen-bond donors (Lipinski definition) is 0. The lowest BCUT2D eigenvalue weighted by Gasteiger charge is -2.07. The highest BCUT2D eigenvalue weighted by atomic mass is 15.3. The van der Waals surface area contributed by atoms with Gasteiger partial charge in [0.05, 0.1) is 5.69 Å². The average molecular weight is 291 g/mol. The number of aryl methyl sites for hydroxylation is 3. The standard InChI is InChI=1S/C9H16N2.C7H13N3/c1-6(2)9-7(3)10-8(4)11(9)5;1-5(2)7-9-8-6(3)10(7)4/h6H,1-5H3;5H,1-4H3. The highest BCUT2D eigenvalue weighted by Gasteiger charge is 2.10. The summed E-state index contributed by atoms with van der Waals surface area (Å²) in [7, 11) is 4.06. The van der Waals surface area contributed by atoms with Gasteiger partial charge in [-0.15, -0.1) is 10.2 Å². The van der Waals surface area contributed by atoms with Crippen LogP contribution in [0.2, 0.25) is 0 Å². The Morgan fingerprint density at radius 2 is 1.33 bits per heavy atom. The van der Waals surface area contributed by atoms with Crippen molar-refractivity contribution in [2.45, 2.75) is 60.3 Å². The Morgan fingerprint density at radius 3 is 1.52 bits per heavy atom. The molecular formula is C16H29N5. The molecule has 2 aromatic heterocycles. The van der Waals surface area contributed by atoms with Crippen molar-refractivity contribution < 1.29 is 0 Å². The van der Waals surface area contributed by atoms with Crippen LogP contribution < -0.4 is 0 Å². The number of hydrogen-bond acceptors (Lipinski definition) is 3. The van der Waals surface area contributed by atoms with E-state index in [1.165, 1.54) is 11.4 Å². The molecule has 2 aromatic rings. The molecular weight excluding hydrogens is 262 g/mol. The minimum absolute atomic E-state index is 0.464. The Hall–Kier alpha value is -1.65. The van der Waals surface area contributed by atoms with Gasteiger partial charge in [-0.25, -0.2) is 4.98 Å². The van der Waals surface area contributed by atoms with Gasteiger partial charge in [0.25, 0.3) is 0 Å². The molecule has 0 radical (unpaired) electrons. The van der Waals surface area contributed by atoms with Gasteiger partial charge >= 0.3 is 0 Å². The molecule has 0 saturated heterocycles. The SMILES string of the molecule is Cc1nc(C)n(C)c1C(C)C.Cc1nnc(C(C)C)n1C. The van der Waals surface area contributed by atoms with E-state index in [9.17, 15) is 0 Å². The summed E-state index contributed by atoms with van der Waals surface area (Å²) in [5.41, 5.74) is 2.52. The van der Waals surface area contributed by atoms with Crippen molar-refractivity contribution in [3.63, 3.8) is 0 Å². The second-order valence-corrected chi connectivity index (χ2v) is 6.16. The van der Waals surface area contributed by atoms with Gasteiger partial charge in [0.15, 0.2) is 0 Å². The average Bonchev–Trinajstić information content (AvgIpc) is 2.82. The molecule has 0 spiro atoms. The van der Waals surface area contributed by atoms with E-state index in [4.69, 9.17) is 0 Å². The van der Waals surface area contributed by atoms with E-state index in [0.29, 0.717) is 11.8 Å². The maximum Gasteiger partial charge on any atom is 0.135 e. The Bertz CT molecular complexity index is 590. The molecule has 0 bridgehead atoms. The lowest BCUT2D eigenvalue weighted by Crippen LogP contribution is -2.00. The van der Waals surface area contributed by atoms with Crippen LogP contribution in [-0.4, -0.2) is 24.3 Å². The number of imidazole rings is 1. The lowest BCUT2D eigenvalue weighted by molar-refractivity contribution is 0.700. The van der Waals surface area contributed by atoms with Crippen LogP contribution in [0.4, 0.5) is 0 Å². The molecule has 0 atom stereocenters. The zero-order valence-corrected chi connectivity index (χ0v) is 14.9. The molecule has 5 heteroatoms. The van der Waals surface area contributed by atoms with Crippen molar-refractivity contribution in [2.75, 3.05) is 0 Å². The first-order valence-electron chi connectivity index (χ1n) is 7.52. The normalized spacial score (nSPS) is 11.0. The maximum atomic E-state index is 4.39. The minimum atomic E-state index is 0.464. The summed E-state index contributed by atoms with van der Waals surface area (Å²) >= 11 is 0. The Morgan fingerprint density at radius 1 is 0.762 bits per heavy atom. The van der Waals surface area contributed by atoms with Crippen molar-refractivity contribution in [1.29, 1.82) is 0 Å². The molecule has 2 heterocycles. The van der Waals surface area contributed by atoms with Gasteiger partial charge in [-0.05, 0) is 26.7 Å². The molecule has 21 heavy (non-hydrogen) atoms. The van der Waals surface area contributed by atoms with Crippen molar-refractivity contribution >= 4 is 0 Å². The molecule has 0 aliphatic carbocycles. The van der Waals surface area contributed by atoms with Gasteiger partial charge < -0.3 is 9.13 Å². The molecule has 0 amide bonds. The van der Waals surface area contributed by atoms with E-state index in [2.05, 4.69) is 61.4 Å². The molecule has 2 rings (SSSR count).